The van der Waals surface area contributed by atoms with Crippen molar-refractivity contribution in [1.29, 1.82) is 0 Å². The topological polar surface area (TPSA) is 55.4 Å². The number of amides is 1. The van der Waals surface area contributed by atoms with Crippen LogP contribution in [0.25, 0.3) is 0 Å². The van der Waals surface area contributed by atoms with Crippen LogP contribution in [0.1, 0.15) is 14.5 Å². The van der Waals surface area contributed by atoms with Gasteiger partial charge in [0.1, 0.15) is 4.88 Å². The van der Waals surface area contributed by atoms with Gasteiger partial charge in [0.05, 0.1) is 23.7 Å². The molecule has 0 saturated carbocycles. The third-order valence-corrected chi connectivity index (χ3v) is 5.06. The van der Waals surface area contributed by atoms with E-state index in [9.17, 15) is 9.59 Å². The zero-order valence-electron chi connectivity index (χ0n) is 9.94. The number of ether oxygens (including phenoxy) is 1. The number of methoxy groups -OCH3 is 1. The molecule has 2 rings (SSSR count). The fraction of sp³-hybridized carbons (Fsp3) is 0.167. The Morgan fingerprint density at radius 1 is 1.42 bits per heavy atom. The van der Waals surface area contributed by atoms with Gasteiger partial charge >= 0.3 is 5.97 Å². The Bertz CT molecular complexity index is 592. The summed E-state index contributed by atoms with van der Waals surface area (Å²) >= 11 is 6.06. The highest BCUT2D eigenvalue weighted by molar-refractivity contribution is 9.10. The van der Waals surface area contributed by atoms with E-state index < -0.39 is 5.97 Å². The van der Waals surface area contributed by atoms with Crippen molar-refractivity contribution in [2.75, 3.05) is 12.4 Å². The predicted octanol–water partition coefficient (Wildman–Crippen LogP) is 3.54. The van der Waals surface area contributed by atoms with Crippen molar-refractivity contribution in [2.45, 2.75) is 6.42 Å². The van der Waals surface area contributed by atoms with Gasteiger partial charge in [0.25, 0.3) is 0 Å². The number of carbonyl (C=O) groups is 2. The molecule has 0 unspecified atom stereocenters. The van der Waals surface area contributed by atoms with E-state index in [0.717, 1.165) is 4.88 Å². The molecule has 2 heterocycles. The molecule has 4 nitrogen and oxygen atoms in total. The number of hydrogen-bond acceptors (Lipinski definition) is 5. The molecule has 1 amide bonds. The average Bonchev–Trinajstić information content (AvgIpc) is 3.00. The summed E-state index contributed by atoms with van der Waals surface area (Å²) in [6, 6.07) is 3.79. The second kappa shape index (κ2) is 6.31. The van der Waals surface area contributed by atoms with Crippen LogP contribution in [-0.2, 0) is 16.0 Å². The third kappa shape index (κ3) is 3.43. The second-order valence-electron chi connectivity index (χ2n) is 3.58. The Labute approximate surface area is 126 Å². The van der Waals surface area contributed by atoms with Crippen molar-refractivity contribution in [3.05, 3.63) is 37.1 Å². The molecule has 0 spiro atoms. The lowest BCUT2D eigenvalue weighted by atomic mass is 10.3. The summed E-state index contributed by atoms with van der Waals surface area (Å²) in [5.74, 6) is -0.617. The van der Waals surface area contributed by atoms with Crippen LogP contribution >= 0.6 is 38.6 Å². The SMILES string of the molecule is COC(=O)c1scc(Br)c1NC(=O)Cc1cccs1. The summed E-state index contributed by atoms with van der Waals surface area (Å²) in [6.07, 6.45) is 0.292. The molecule has 1 N–H and O–H groups in total. The van der Waals surface area contributed by atoms with Crippen molar-refractivity contribution in [3.8, 4) is 0 Å². The van der Waals surface area contributed by atoms with E-state index in [0.29, 0.717) is 21.5 Å². The summed E-state index contributed by atoms with van der Waals surface area (Å²) in [4.78, 5) is 24.8. The van der Waals surface area contributed by atoms with Gasteiger partial charge in [-0.15, -0.1) is 22.7 Å². The van der Waals surface area contributed by atoms with Gasteiger partial charge < -0.3 is 10.1 Å². The van der Waals surface area contributed by atoms with Gasteiger partial charge in [-0.25, -0.2) is 4.79 Å². The van der Waals surface area contributed by atoms with Gasteiger partial charge in [0.2, 0.25) is 5.91 Å². The number of anilines is 1. The van der Waals surface area contributed by atoms with E-state index in [1.54, 1.807) is 5.38 Å². The lowest BCUT2D eigenvalue weighted by Crippen LogP contribution is -2.15. The van der Waals surface area contributed by atoms with Crippen LogP contribution < -0.4 is 5.32 Å². The average molecular weight is 360 g/mol. The van der Waals surface area contributed by atoms with Crippen LogP contribution in [0.2, 0.25) is 0 Å². The molecule has 2 aromatic rings. The van der Waals surface area contributed by atoms with Crippen LogP contribution in [0.3, 0.4) is 0 Å². The summed E-state index contributed by atoms with van der Waals surface area (Å²) in [5.41, 5.74) is 0.471. The van der Waals surface area contributed by atoms with Gasteiger partial charge in [-0.05, 0) is 27.4 Å². The van der Waals surface area contributed by atoms with Gasteiger partial charge in [0, 0.05) is 10.3 Å². The minimum atomic E-state index is -0.456. The molecule has 0 fully saturated rings. The monoisotopic (exact) mass is 359 g/mol. The summed E-state index contributed by atoms with van der Waals surface area (Å²) in [5, 5.41) is 6.41. The van der Waals surface area contributed by atoms with Crippen molar-refractivity contribution >= 4 is 56.2 Å². The van der Waals surface area contributed by atoms with E-state index in [-0.39, 0.29) is 5.91 Å². The maximum atomic E-state index is 11.9. The van der Waals surface area contributed by atoms with Crippen molar-refractivity contribution < 1.29 is 14.3 Å². The molecule has 2 aromatic heterocycles. The molecule has 0 radical (unpaired) electrons. The second-order valence-corrected chi connectivity index (χ2v) is 6.35. The maximum absolute atomic E-state index is 11.9. The lowest BCUT2D eigenvalue weighted by molar-refractivity contribution is -0.115. The Morgan fingerprint density at radius 3 is 2.84 bits per heavy atom. The fourth-order valence-electron chi connectivity index (χ4n) is 1.45. The molecule has 0 saturated heterocycles. The quantitative estimate of drug-likeness (QED) is 0.849. The van der Waals surface area contributed by atoms with Crippen molar-refractivity contribution in [3.63, 3.8) is 0 Å². The number of hydrogen-bond donors (Lipinski definition) is 1. The van der Waals surface area contributed by atoms with Crippen molar-refractivity contribution in [1.82, 2.24) is 0 Å². The number of nitrogens with one attached hydrogen (secondary N) is 1. The Balaban J connectivity index is 2.12. The molecule has 19 heavy (non-hydrogen) atoms. The number of esters is 1. The molecular formula is C12H10BrNO3S2. The van der Waals surface area contributed by atoms with E-state index in [2.05, 4.69) is 26.0 Å². The highest BCUT2D eigenvalue weighted by atomic mass is 79.9. The first-order valence-electron chi connectivity index (χ1n) is 5.29. The van der Waals surface area contributed by atoms with E-state index in [1.165, 1.54) is 29.8 Å². The molecule has 0 aliphatic carbocycles. The standard InChI is InChI=1S/C12H10BrNO3S2/c1-17-12(16)11-10(8(13)6-19-11)14-9(15)5-7-3-2-4-18-7/h2-4,6H,5H2,1H3,(H,14,15). The minimum Gasteiger partial charge on any atom is -0.465 e. The molecule has 100 valence electrons. The van der Waals surface area contributed by atoms with Crippen LogP contribution in [0, 0.1) is 0 Å². The van der Waals surface area contributed by atoms with Crippen LogP contribution in [-0.4, -0.2) is 19.0 Å². The molecule has 0 aromatic carbocycles. The Hall–Kier alpha value is -1.18. The van der Waals surface area contributed by atoms with Crippen LogP contribution in [0.4, 0.5) is 5.69 Å². The number of carbonyl (C=O) groups excluding carboxylic acids is 2. The Kier molecular flexibility index (Phi) is 4.73. The van der Waals surface area contributed by atoms with E-state index in [1.807, 2.05) is 17.5 Å². The lowest BCUT2D eigenvalue weighted by Gasteiger charge is -2.05. The largest absolute Gasteiger partial charge is 0.465 e. The maximum Gasteiger partial charge on any atom is 0.350 e. The first-order valence-corrected chi connectivity index (χ1v) is 7.84. The normalized spacial score (nSPS) is 10.2. The zero-order chi connectivity index (χ0) is 13.8. The first kappa shape index (κ1) is 14.2. The summed E-state index contributed by atoms with van der Waals surface area (Å²) in [6.45, 7) is 0. The third-order valence-electron chi connectivity index (χ3n) is 2.30. The van der Waals surface area contributed by atoms with Gasteiger partial charge in [0.15, 0.2) is 0 Å². The predicted molar refractivity (Wildman–Crippen MR) is 80.0 cm³/mol. The van der Waals surface area contributed by atoms with Crippen molar-refractivity contribution in [2.24, 2.45) is 0 Å². The molecule has 0 bridgehead atoms. The van der Waals surface area contributed by atoms with Gasteiger partial charge in [-0.3, -0.25) is 4.79 Å². The van der Waals surface area contributed by atoms with Crippen LogP contribution in [0.5, 0.6) is 0 Å². The highest BCUT2D eigenvalue weighted by Crippen LogP contribution is 2.33. The molecule has 0 aliphatic heterocycles. The Morgan fingerprint density at radius 2 is 2.21 bits per heavy atom. The van der Waals surface area contributed by atoms with Gasteiger partial charge in [-0.2, -0.15) is 0 Å². The summed E-state index contributed by atoms with van der Waals surface area (Å²) < 4.78 is 5.36. The number of halogens is 1. The number of thiophene rings is 2. The highest BCUT2D eigenvalue weighted by Gasteiger charge is 2.19. The minimum absolute atomic E-state index is 0.160. The first-order chi connectivity index (χ1) is 9.11. The van der Waals surface area contributed by atoms with Gasteiger partial charge in [-0.1, -0.05) is 6.07 Å². The van der Waals surface area contributed by atoms with E-state index in [4.69, 9.17) is 0 Å². The molecule has 7 heteroatoms. The smallest absolute Gasteiger partial charge is 0.350 e. The molecule has 0 atom stereocenters. The summed E-state index contributed by atoms with van der Waals surface area (Å²) in [7, 11) is 1.31. The number of rotatable bonds is 4. The zero-order valence-corrected chi connectivity index (χ0v) is 13.2. The van der Waals surface area contributed by atoms with E-state index >= 15 is 0 Å². The fourth-order valence-corrected chi connectivity index (χ4v) is 3.66. The molecular weight excluding hydrogens is 350 g/mol. The van der Waals surface area contributed by atoms with Crippen LogP contribution in [0.15, 0.2) is 27.4 Å². The molecule has 0 aliphatic rings.